The highest BCUT2D eigenvalue weighted by atomic mass is 15.1. The van der Waals surface area contributed by atoms with Gasteiger partial charge in [-0.25, -0.2) is 0 Å². The smallest absolute Gasteiger partial charge is 0.0107 e. The summed E-state index contributed by atoms with van der Waals surface area (Å²) in [6, 6.07) is 0. The van der Waals surface area contributed by atoms with E-state index in [4.69, 9.17) is 0 Å². The normalized spacial score (nSPS) is 15.7. The van der Waals surface area contributed by atoms with Crippen molar-refractivity contribution in [1.82, 2.24) is 10.2 Å². The van der Waals surface area contributed by atoms with Crippen molar-refractivity contribution in [2.24, 2.45) is 0 Å². The third-order valence-electron chi connectivity index (χ3n) is 5.92. The number of unbranched alkanes of at least 4 members (excludes halogenated alkanes) is 12. The van der Waals surface area contributed by atoms with Crippen LogP contribution in [0.3, 0.4) is 0 Å². The summed E-state index contributed by atoms with van der Waals surface area (Å²) < 4.78 is 0. The van der Waals surface area contributed by atoms with E-state index in [1.807, 2.05) is 0 Å². The minimum atomic E-state index is 1.19. The number of likely N-dealkylation sites (tertiary alicyclic amines) is 1. The van der Waals surface area contributed by atoms with Gasteiger partial charge < -0.3 is 10.2 Å². The number of piperidine rings is 1. The molecule has 0 unspecified atom stereocenters. The van der Waals surface area contributed by atoms with Crippen molar-refractivity contribution in [1.29, 1.82) is 0 Å². The van der Waals surface area contributed by atoms with Crippen molar-refractivity contribution in [2.45, 2.75) is 116 Å². The van der Waals surface area contributed by atoms with E-state index in [0.29, 0.717) is 0 Å². The Morgan fingerprint density at radius 1 is 0.630 bits per heavy atom. The van der Waals surface area contributed by atoms with Gasteiger partial charge >= 0.3 is 0 Å². The zero-order valence-corrected chi connectivity index (χ0v) is 18.7. The SMILES string of the molecule is CCCCCCCC/C=C\CCCCCCCCNCCN1CCCCC1. The molecule has 1 fully saturated rings. The summed E-state index contributed by atoms with van der Waals surface area (Å²) in [5.74, 6) is 0. The van der Waals surface area contributed by atoms with Gasteiger partial charge in [-0.3, -0.25) is 0 Å². The van der Waals surface area contributed by atoms with Crippen LogP contribution in [0.4, 0.5) is 0 Å². The van der Waals surface area contributed by atoms with E-state index < -0.39 is 0 Å². The molecule has 0 saturated carbocycles. The van der Waals surface area contributed by atoms with Gasteiger partial charge in [0, 0.05) is 13.1 Å². The maximum Gasteiger partial charge on any atom is 0.0107 e. The number of hydrogen-bond acceptors (Lipinski definition) is 2. The Balaban J connectivity index is 1.68. The lowest BCUT2D eigenvalue weighted by Gasteiger charge is -2.26. The third-order valence-corrected chi connectivity index (χ3v) is 5.92. The molecule has 2 heteroatoms. The summed E-state index contributed by atoms with van der Waals surface area (Å²) in [5, 5.41) is 3.63. The van der Waals surface area contributed by atoms with E-state index in [9.17, 15) is 0 Å². The molecule has 1 heterocycles. The number of nitrogens with one attached hydrogen (secondary N) is 1. The molecule has 0 aromatic heterocycles. The highest BCUT2D eigenvalue weighted by molar-refractivity contribution is 4.81. The highest BCUT2D eigenvalue weighted by Crippen LogP contribution is 2.10. The summed E-state index contributed by atoms with van der Waals surface area (Å²) in [6.45, 7) is 8.61. The van der Waals surface area contributed by atoms with Crippen molar-refractivity contribution >= 4 is 0 Å². The maximum absolute atomic E-state index is 3.63. The van der Waals surface area contributed by atoms with Crippen LogP contribution in [0.2, 0.25) is 0 Å². The van der Waals surface area contributed by atoms with Crippen LogP contribution in [0.25, 0.3) is 0 Å². The first-order valence-electron chi connectivity index (χ1n) is 12.5. The van der Waals surface area contributed by atoms with Crippen LogP contribution in [0.5, 0.6) is 0 Å². The van der Waals surface area contributed by atoms with E-state index >= 15 is 0 Å². The molecule has 1 aliphatic heterocycles. The minimum Gasteiger partial charge on any atom is -0.315 e. The van der Waals surface area contributed by atoms with Crippen LogP contribution in [0, 0.1) is 0 Å². The largest absolute Gasteiger partial charge is 0.315 e. The lowest BCUT2D eigenvalue weighted by Crippen LogP contribution is -2.36. The van der Waals surface area contributed by atoms with Crippen LogP contribution in [0.1, 0.15) is 116 Å². The zero-order valence-electron chi connectivity index (χ0n) is 18.7. The van der Waals surface area contributed by atoms with E-state index in [0.717, 1.165) is 0 Å². The van der Waals surface area contributed by atoms with Crippen LogP contribution in [-0.2, 0) is 0 Å². The van der Waals surface area contributed by atoms with E-state index in [2.05, 4.69) is 29.3 Å². The molecule has 27 heavy (non-hydrogen) atoms. The molecule has 0 aromatic rings. The average Bonchev–Trinajstić information content (AvgIpc) is 2.70. The predicted octanol–water partition coefficient (Wildman–Crippen LogP) is 7.10. The topological polar surface area (TPSA) is 15.3 Å². The molecule has 160 valence electrons. The van der Waals surface area contributed by atoms with Gasteiger partial charge in [-0.2, -0.15) is 0 Å². The molecule has 0 aliphatic carbocycles. The van der Waals surface area contributed by atoms with Gasteiger partial charge in [0.2, 0.25) is 0 Å². The quantitative estimate of drug-likeness (QED) is 0.190. The van der Waals surface area contributed by atoms with Gasteiger partial charge in [0.05, 0.1) is 0 Å². The van der Waals surface area contributed by atoms with Crippen LogP contribution in [0.15, 0.2) is 12.2 Å². The summed E-state index contributed by atoms with van der Waals surface area (Å²) >= 11 is 0. The second-order valence-corrected chi connectivity index (χ2v) is 8.59. The first kappa shape index (κ1) is 24.7. The number of allylic oxidation sites excluding steroid dienone is 2. The molecule has 2 nitrogen and oxygen atoms in total. The van der Waals surface area contributed by atoms with Crippen molar-refractivity contribution in [2.75, 3.05) is 32.7 Å². The monoisotopic (exact) mass is 378 g/mol. The molecule has 0 amide bonds. The van der Waals surface area contributed by atoms with Crippen molar-refractivity contribution in [3.8, 4) is 0 Å². The van der Waals surface area contributed by atoms with Crippen LogP contribution < -0.4 is 5.32 Å². The number of nitrogens with zero attached hydrogens (tertiary/aromatic N) is 1. The average molecular weight is 379 g/mol. The predicted molar refractivity (Wildman–Crippen MR) is 123 cm³/mol. The minimum absolute atomic E-state index is 1.19. The Labute approximate surface area is 171 Å². The zero-order chi connectivity index (χ0) is 19.3. The summed E-state index contributed by atoms with van der Waals surface area (Å²) in [4.78, 5) is 2.62. The van der Waals surface area contributed by atoms with Crippen molar-refractivity contribution < 1.29 is 0 Å². The van der Waals surface area contributed by atoms with E-state index in [-0.39, 0.29) is 0 Å². The van der Waals surface area contributed by atoms with Gasteiger partial charge in [-0.15, -0.1) is 0 Å². The Morgan fingerprint density at radius 3 is 1.81 bits per heavy atom. The van der Waals surface area contributed by atoms with Crippen molar-refractivity contribution in [3.05, 3.63) is 12.2 Å². The van der Waals surface area contributed by atoms with Crippen LogP contribution in [-0.4, -0.2) is 37.6 Å². The Kier molecular flexibility index (Phi) is 18.7. The molecule has 0 atom stereocenters. The molecular formula is C25H50N2. The van der Waals surface area contributed by atoms with Gasteiger partial charge in [-0.1, -0.05) is 83.3 Å². The fraction of sp³-hybridized carbons (Fsp3) is 0.920. The fourth-order valence-electron chi connectivity index (χ4n) is 4.04. The number of hydrogen-bond donors (Lipinski definition) is 1. The fourth-order valence-corrected chi connectivity index (χ4v) is 4.04. The summed E-state index contributed by atoms with van der Waals surface area (Å²) in [5.41, 5.74) is 0. The molecule has 0 spiro atoms. The first-order valence-corrected chi connectivity index (χ1v) is 12.5. The van der Waals surface area contributed by atoms with Gasteiger partial charge in [-0.05, 0) is 64.6 Å². The molecule has 1 N–H and O–H groups in total. The Hall–Kier alpha value is -0.340. The Morgan fingerprint density at radius 2 is 1.19 bits per heavy atom. The molecule has 1 aliphatic rings. The third kappa shape index (κ3) is 17.5. The van der Waals surface area contributed by atoms with E-state index in [1.54, 1.807) is 0 Å². The highest BCUT2D eigenvalue weighted by Gasteiger charge is 2.08. The molecular weight excluding hydrogens is 328 g/mol. The second-order valence-electron chi connectivity index (χ2n) is 8.59. The van der Waals surface area contributed by atoms with Gasteiger partial charge in [0.25, 0.3) is 0 Å². The molecule has 0 aromatic carbocycles. The summed E-state index contributed by atoms with van der Waals surface area (Å²) in [6.07, 6.45) is 28.6. The van der Waals surface area contributed by atoms with Crippen molar-refractivity contribution in [3.63, 3.8) is 0 Å². The van der Waals surface area contributed by atoms with Gasteiger partial charge in [0.15, 0.2) is 0 Å². The lowest BCUT2D eigenvalue weighted by atomic mass is 10.1. The summed E-state index contributed by atoms with van der Waals surface area (Å²) in [7, 11) is 0. The molecule has 1 rings (SSSR count). The first-order chi connectivity index (χ1) is 13.4. The standard InChI is InChI=1S/C25H50N2/c1-2-3-4-5-6-7-8-9-10-11-12-13-14-15-16-18-21-26-22-25-27-23-19-17-20-24-27/h9-10,26H,2-8,11-25H2,1H3/b10-9-. The van der Waals surface area contributed by atoms with Gasteiger partial charge in [0.1, 0.15) is 0 Å². The molecule has 1 saturated heterocycles. The number of rotatable bonds is 19. The maximum atomic E-state index is 3.63. The second kappa shape index (κ2) is 20.4. The van der Waals surface area contributed by atoms with Crippen LogP contribution >= 0.6 is 0 Å². The molecule has 0 radical (unpaired) electrons. The van der Waals surface area contributed by atoms with E-state index in [1.165, 1.54) is 142 Å². The lowest BCUT2D eigenvalue weighted by molar-refractivity contribution is 0.229. The molecule has 0 bridgehead atoms. The Bertz CT molecular complexity index is 307.